The van der Waals surface area contributed by atoms with Gasteiger partial charge >= 0.3 is 5.97 Å². The SMILES string of the molecule is O=C(O)/C=C/CCC1CCOCC1. The summed E-state index contributed by atoms with van der Waals surface area (Å²) < 4.78 is 5.23. The zero-order valence-corrected chi connectivity index (χ0v) is 7.74. The average Bonchev–Trinajstić information content (AvgIpc) is 2.14. The second kappa shape index (κ2) is 5.75. The second-order valence-electron chi connectivity index (χ2n) is 3.37. The summed E-state index contributed by atoms with van der Waals surface area (Å²) in [6, 6.07) is 0. The Kier molecular flexibility index (Phi) is 4.54. The lowest BCUT2D eigenvalue weighted by Crippen LogP contribution is -2.15. The molecule has 0 atom stereocenters. The van der Waals surface area contributed by atoms with E-state index in [-0.39, 0.29) is 0 Å². The van der Waals surface area contributed by atoms with Gasteiger partial charge in [-0.1, -0.05) is 6.08 Å². The average molecular weight is 184 g/mol. The standard InChI is InChI=1S/C10H16O3/c11-10(12)4-2-1-3-9-5-7-13-8-6-9/h2,4,9H,1,3,5-8H2,(H,11,12)/b4-2+. The normalized spacial score (nSPS) is 19.4. The van der Waals surface area contributed by atoms with Crippen LogP contribution in [0, 0.1) is 5.92 Å². The van der Waals surface area contributed by atoms with Gasteiger partial charge < -0.3 is 9.84 Å². The summed E-state index contributed by atoms with van der Waals surface area (Å²) in [6.07, 6.45) is 7.17. The molecule has 74 valence electrons. The highest BCUT2D eigenvalue weighted by Crippen LogP contribution is 2.19. The van der Waals surface area contributed by atoms with Crippen molar-refractivity contribution in [3.05, 3.63) is 12.2 Å². The van der Waals surface area contributed by atoms with Crippen LogP contribution in [0.25, 0.3) is 0 Å². The number of carbonyl (C=O) groups is 1. The van der Waals surface area contributed by atoms with Crippen molar-refractivity contribution in [2.45, 2.75) is 25.7 Å². The molecular weight excluding hydrogens is 168 g/mol. The Labute approximate surface area is 78.4 Å². The molecule has 0 unspecified atom stereocenters. The van der Waals surface area contributed by atoms with E-state index in [1.54, 1.807) is 6.08 Å². The van der Waals surface area contributed by atoms with Crippen LogP contribution in [0.15, 0.2) is 12.2 Å². The van der Waals surface area contributed by atoms with E-state index in [1.807, 2.05) is 0 Å². The summed E-state index contributed by atoms with van der Waals surface area (Å²) in [5.74, 6) is -0.126. The fourth-order valence-corrected chi connectivity index (χ4v) is 1.55. The van der Waals surface area contributed by atoms with Gasteiger partial charge in [-0.05, 0) is 31.6 Å². The summed E-state index contributed by atoms with van der Waals surface area (Å²) >= 11 is 0. The molecule has 3 nitrogen and oxygen atoms in total. The largest absolute Gasteiger partial charge is 0.478 e. The molecule has 1 saturated heterocycles. The first-order chi connectivity index (χ1) is 6.29. The van der Waals surface area contributed by atoms with E-state index in [4.69, 9.17) is 9.84 Å². The lowest BCUT2D eigenvalue weighted by Gasteiger charge is -2.20. The molecule has 1 aliphatic rings. The Balaban J connectivity index is 2.07. The molecule has 3 heteroatoms. The fourth-order valence-electron chi connectivity index (χ4n) is 1.55. The molecule has 0 saturated carbocycles. The molecule has 0 spiro atoms. The minimum absolute atomic E-state index is 0.729. The smallest absolute Gasteiger partial charge is 0.327 e. The lowest BCUT2D eigenvalue weighted by atomic mass is 9.95. The molecule has 13 heavy (non-hydrogen) atoms. The summed E-state index contributed by atoms with van der Waals surface area (Å²) in [6.45, 7) is 1.74. The Morgan fingerprint density at radius 2 is 2.15 bits per heavy atom. The molecule has 1 N–H and O–H groups in total. The Morgan fingerprint density at radius 1 is 1.46 bits per heavy atom. The number of carboxylic acid groups (broad SMARTS) is 1. The molecular formula is C10H16O3. The van der Waals surface area contributed by atoms with Crippen LogP contribution in [0.1, 0.15) is 25.7 Å². The predicted octanol–water partition coefficient (Wildman–Crippen LogP) is 1.83. The van der Waals surface area contributed by atoms with Crippen molar-refractivity contribution in [2.75, 3.05) is 13.2 Å². The van der Waals surface area contributed by atoms with Crippen molar-refractivity contribution in [3.8, 4) is 0 Å². The zero-order valence-electron chi connectivity index (χ0n) is 7.74. The van der Waals surface area contributed by atoms with Gasteiger partial charge in [0.25, 0.3) is 0 Å². The van der Waals surface area contributed by atoms with E-state index in [0.717, 1.165) is 44.8 Å². The van der Waals surface area contributed by atoms with E-state index in [9.17, 15) is 4.79 Å². The molecule has 0 aromatic rings. The summed E-state index contributed by atoms with van der Waals surface area (Å²) in [7, 11) is 0. The van der Waals surface area contributed by atoms with Gasteiger partial charge in [0.1, 0.15) is 0 Å². The Morgan fingerprint density at radius 3 is 2.77 bits per heavy atom. The number of rotatable bonds is 4. The van der Waals surface area contributed by atoms with Crippen LogP contribution in [0.4, 0.5) is 0 Å². The molecule has 0 aromatic carbocycles. The molecule has 1 fully saturated rings. The Bertz CT molecular complexity index is 181. The van der Waals surface area contributed by atoms with E-state index < -0.39 is 5.97 Å². The number of aliphatic carboxylic acids is 1. The number of hydrogen-bond acceptors (Lipinski definition) is 2. The van der Waals surface area contributed by atoms with Gasteiger partial charge in [0.05, 0.1) is 0 Å². The predicted molar refractivity (Wildman–Crippen MR) is 49.6 cm³/mol. The van der Waals surface area contributed by atoms with Gasteiger partial charge in [-0.2, -0.15) is 0 Å². The van der Waals surface area contributed by atoms with E-state index in [0.29, 0.717) is 0 Å². The van der Waals surface area contributed by atoms with Gasteiger partial charge in [0, 0.05) is 19.3 Å². The maximum atomic E-state index is 10.1. The van der Waals surface area contributed by atoms with E-state index in [2.05, 4.69) is 0 Å². The number of ether oxygens (including phenoxy) is 1. The van der Waals surface area contributed by atoms with Crippen molar-refractivity contribution in [3.63, 3.8) is 0 Å². The molecule has 1 rings (SSSR count). The first kappa shape index (κ1) is 10.3. The Hall–Kier alpha value is -0.830. The number of carboxylic acids is 1. The highest BCUT2D eigenvalue weighted by atomic mass is 16.5. The molecule has 0 aromatic heterocycles. The van der Waals surface area contributed by atoms with Crippen LogP contribution in [-0.4, -0.2) is 24.3 Å². The summed E-state index contributed by atoms with van der Waals surface area (Å²) in [5.41, 5.74) is 0. The zero-order chi connectivity index (χ0) is 9.52. The van der Waals surface area contributed by atoms with E-state index >= 15 is 0 Å². The summed E-state index contributed by atoms with van der Waals surface area (Å²) in [5, 5.41) is 8.34. The van der Waals surface area contributed by atoms with Crippen molar-refractivity contribution < 1.29 is 14.6 Å². The first-order valence-corrected chi connectivity index (χ1v) is 4.76. The quantitative estimate of drug-likeness (QED) is 0.678. The molecule has 1 heterocycles. The second-order valence-corrected chi connectivity index (χ2v) is 3.37. The van der Waals surface area contributed by atoms with Crippen molar-refractivity contribution in [1.29, 1.82) is 0 Å². The third-order valence-electron chi connectivity index (χ3n) is 2.34. The maximum absolute atomic E-state index is 10.1. The highest BCUT2D eigenvalue weighted by Gasteiger charge is 2.12. The van der Waals surface area contributed by atoms with Crippen LogP contribution in [0.3, 0.4) is 0 Å². The summed E-state index contributed by atoms with van der Waals surface area (Å²) in [4.78, 5) is 10.1. The van der Waals surface area contributed by atoms with Crippen LogP contribution in [0.5, 0.6) is 0 Å². The monoisotopic (exact) mass is 184 g/mol. The number of allylic oxidation sites excluding steroid dienone is 1. The number of hydrogen-bond donors (Lipinski definition) is 1. The van der Waals surface area contributed by atoms with Crippen LogP contribution in [0.2, 0.25) is 0 Å². The first-order valence-electron chi connectivity index (χ1n) is 4.76. The third kappa shape index (κ3) is 4.68. The van der Waals surface area contributed by atoms with Crippen molar-refractivity contribution in [2.24, 2.45) is 5.92 Å². The topological polar surface area (TPSA) is 46.5 Å². The highest BCUT2D eigenvalue weighted by molar-refractivity contribution is 5.79. The van der Waals surface area contributed by atoms with Crippen LogP contribution < -0.4 is 0 Å². The van der Waals surface area contributed by atoms with Gasteiger partial charge in [-0.15, -0.1) is 0 Å². The fraction of sp³-hybridized carbons (Fsp3) is 0.700. The minimum atomic E-state index is -0.855. The third-order valence-corrected chi connectivity index (χ3v) is 2.34. The van der Waals surface area contributed by atoms with Gasteiger partial charge in [-0.25, -0.2) is 4.79 Å². The van der Waals surface area contributed by atoms with Crippen LogP contribution in [-0.2, 0) is 9.53 Å². The van der Waals surface area contributed by atoms with Gasteiger partial charge in [0.2, 0.25) is 0 Å². The molecule has 1 aliphatic heterocycles. The van der Waals surface area contributed by atoms with Gasteiger partial charge in [0.15, 0.2) is 0 Å². The maximum Gasteiger partial charge on any atom is 0.327 e. The van der Waals surface area contributed by atoms with Crippen molar-refractivity contribution >= 4 is 5.97 Å². The van der Waals surface area contributed by atoms with E-state index in [1.165, 1.54) is 6.08 Å². The molecule has 0 aliphatic carbocycles. The molecule has 0 amide bonds. The lowest BCUT2D eigenvalue weighted by molar-refractivity contribution is -0.131. The minimum Gasteiger partial charge on any atom is -0.478 e. The molecule has 0 radical (unpaired) electrons. The van der Waals surface area contributed by atoms with Crippen LogP contribution >= 0.6 is 0 Å². The molecule has 0 bridgehead atoms. The van der Waals surface area contributed by atoms with Crippen molar-refractivity contribution in [1.82, 2.24) is 0 Å². The van der Waals surface area contributed by atoms with Gasteiger partial charge in [-0.3, -0.25) is 0 Å².